The number of hydrogen-bond acceptors (Lipinski definition) is 3. The summed E-state index contributed by atoms with van der Waals surface area (Å²) < 4.78 is 39.3. The van der Waals surface area contributed by atoms with Gasteiger partial charge in [-0.2, -0.15) is 18.3 Å². The van der Waals surface area contributed by atoms with E-state index in [1.165, 1.54) is 6.08 Å². The summed E-state index contributed by atoms with van der Waals surface area (Å²) in [5.41, 5.74) is 6.24. The monoisotopic (exact) mass is 274 g/mol. The van der Waals surface area contributed by atoms with E-state index in [0.29, 0.717) is 13.1 Å². The van der Waals surface area contributed by atoms with Crippen molar-refractivity contribution in [1.29, 1.82) is 0 Å². The fourth-order valence-electron chi connectivity index (χ4n) is 2.33. The van der Waals surface area contributed by atoms with Gasteiger partial charge in [0.25, 0.3) is 0 Å². The maximum Gasteiger partial charge on any atom is 0.412 e. The summed E-state index contributed by atoms with van der Waals surface area (Å²) >= 11 is 0. The molecule has 0 aromatic carbocycles. The molecule has 0 saturated carbocycles. The molecule has 0 saturated heterocycles. The lowest BCUT2D eigenvalue weighted by Crippen LogP contribution is -2.38. The number of rotatable bonds is 3. The van der Waals surface area contributed by atoms with E-state index in [2.05, 4.69) is 5.10 Å². The maximum absolute atomic E-state index is 12.6. The molecule has 7 heteroatoms. The van der Waals surface area contributed by atoms with E-state index in [0.717, 1.165) is 5.56 Å². The van der Waals surface area contributed by atoms with Crippen LogP contribution in [0.15, 0.2) is 24.0 Å². The minimum absolute atomic E-state index is 0.0141. The number of hydrogen-bond donors (Lipinski definition) is 1. The average molecular weight is 274 g/mol. The molecule has 0 radical (unpaired) electrons. The van der Waals surface area contributed by atoms with Crippen LogP contribution in [0.1, 0.15) is 18.0 Å². The van der Waals surface area contributed by atoms with Gasteiger partial charge in [-0.05, 0) is 6.42 Å². The molecule has 0 aliphatic carbocycles. The van der Waals surface area contributed by atoms with E-state index < -0.39 is 11.7 Å². The van der Waals surface area contributed by atoms with Crippen molar-refractivity contribution >= 4 is 0 Å². The third-order valence-electron chi connectivity index (χ3n) is 3.38. The van der Waals surface area contributed by atoms with Crippen LogP contribution in [0.2, 0.25) is 0 Å². The van der Waals surface area contributed by atoms with Crippen LogP contribution < -0.4 is 5.73 Å². The van der Waals surface area contributed by atoms with Crippen LogP contribution in [0.4, 0.5) is 13.2 Å². The van der Waals surface area contributed by atoms with Gasteiger partial charge in [0.15, 0.2) is 0 Å². The Hall–Kier alpha value is -1.34. The van der Waals surface area contributed by atoms with Crippen molar-refractivity contribution in [3.8, 4) is 0 Å². The normalized spacial score (nSPS) is 19.3. The van der Waals surface area contributed by atoms with Gasteiger partial charge in [-0.3, -0.25) is 9.58 Å². The van der Waals surface area contributed by atoms with Gasteiger partial charge in [0.2, 0.25) is 0 Å². The first-order valence-corrected chi connectivity index (χ1v) is 6.10. The van der Waals surface area contributed by atoms with Gasteiger partial charge in [0.05, 0.1) is 12.2 Å². The van der Waals surface area contributed by atoms with Crippen molar-refractivity contribution in [2.24, 2.45) is 12.8 Å². The molecule has 1 aliphatic heterocycles. The molecule has 2 N–H and O–H groups in total. The summed E-state index contributed by atoms with van der Waals surface area (Å²) in [4.78, 5) is 1.95. The molecule has 0 fully saturated rings. The highest BCUT2D eigenvalue weighted by molar-refractivity contribution is 5.17. The minimum Gasteiger partial charge on any atom is -0.329 e. The summed E-state index contributed by atoms with van der Waals surface area (Å²) in [6, 6.07) is -0.0836. The topological polar surface area (TPSA) is 47.1 Å². The largest absolute Gasteiger partial charge is 0.412 e. The summed E-state index contributed by atoms with van der Waals surface area (Å²) in [6.45, 7) is 0.995. The van der Waals surface area contributed by atoms with Gasteiger partial charge < -0.3 is 5.73 Å². The highest BCUT2D eigenvalue weighted by Gasteiger charge is 2.35. The van der Waals surface area contributed by atoms with Crippen LogP contribution in [0.25, 0.3) is 0 Å². The Kier molecular flexibility index (Phi) is 3.96. The van der Waals surface area contributed by atoms with Gasteiger partial charge in [0, 0.05) is 44.0 Å². The Labute approximate surface area is 109 Å². The lowest BCUT2D eigenvalue weighted by molar-refractivity contribution is -0.0964. The van der Waals surface area contributed by atoms with Gasteiger partial charge in [-0.1, -0.05) is 6.08 Å². The van der Waals surface area contributed by atoms with E-state index in [4.69, 9.17) is 5.73 Å². The van der Waals surface area contributed by atoms with Crippen molar-refractivity contribution in [1.82, 2.24) is 14.7 Å². The molecule has 0 spiro atoms. The predicted octanol–water partition coefficient (Wildman–Crippen LogP) is 1.61. The first-order valence-electron chi connectivity index (χ1n) is 6.10. The molecule has 1 atom stereocenters. The van der Waals surface area contributed by atoms with Crippen molar-refractivity contribution < 1.29 is 13.2 Å². The number of nitrogens with two attached hydrogens (primary N) is 1. The molecule has 0 amide bonds. The minimum atomic E-state index is -4.21. The van der Waals surface area contributed by atoms with Gasteiger partial charge in [0.1, 0.15) is 0 Å². The Morgan fingerprint density at radius 2 is 2.21 bits per heavy atom. The van der Waals surface area contributed by atoms with Crippen molar-refractivity contribution in [3.63, 3.8) is 0 Å². The summed E-state index contributed by atoms with van der Waals surface area (Å²) in [7, 11) is 1.80. The maximum atomic E-state index is 12.6. The second-order valence-electron chi connectivity index (χ2n) is 4.67. The molecular weight excluding hydrogens is 257 g/mol. The van der Waals surface area contributed by atoms with Gasteiger partial charge >= 0.3 is 6.18 Å². The van der Waals surface area contributed by atoms with Crippen LogP contribution in [0.3, 0.4) is 0 Å². The van der Waals surface area contributed by atoms with E-state index in [1.807, 2.05) is 11.1 Å². The standard InChI is InChI=1S/C12H17F3N4/c1-18-8-9(7-17-18)11(6-16)19-4-2-10(3-5-19)12(13,14)15/h2,7-8,11H,3-6,16H2,1H3. The molecule has 0 bridgehead atoms. The zero-order valence-electron chi connectivity index (χ0n) is 10.7. The first-order chi connectivity index (χ1) is 8.91. The molecule has 2 rings (SSSR count). The van der Waals surface area contributed by atoms with Crippen LogP contribution in [-0.4, -0.2) is 40.5 Å². The molecule has 106 valence electrons. The smallest absolute Gasteiger partial charge is 0.329 e. The van der Waals surface area contributed by atoms with E-state index in [-0.39, 0.29) is 19.0 Å². The number of alkyl halides is 3. The molecule has 1 aromatic rings. The Morgan fingerprint density at radius 3 is 2.63 bits per heavy atom. The third kappa shape index (κ3) is 3.16. The molecular formula is C12H17F3N4. The van der Waals surface area contributed by atoms with E-state index >= 15 is 0 Å². The average Bonchev–Trinajstić information content (AvgIpc) is 2.76. The quantitative estimate of drug-likeness (QED) is 0.852. The van der Waals surface area contributed by atoms with Gasteiger partial charge in [-0.25, -0.2) is 0 Å². The predicted molar refractivity (Wildman–Crippen MR) is 65.3 cm³/mol. The molecule has 1 aliphatic rings. The third-order valence-corrected chi connectivity index (χ3v) is 3.38. The highest BCUT2D eigenvalue weighted by atomic mass is 19.4. The van der Waals surface area contributed by atoms with E-state index in [1.54, 1.807) is 17.9 Å². The van der Waals surface area contributed by atoms with Crippen LogP contribution in [0, 0.1) is 0 Å². The number of aryl methyl sites for hydroxylation is 1. The fraction of sp³-hybridized carbons (Fsp3) is 0.583. The van der Waals surface area contributed by atoms with Crippen LogP contribution in [0.5, 0.6) is 0 Å². The number of aromatic nitrogens is 2. The molecule has 2 heterocycles. The van der Waals surface area contributed by atoms with Crippen molar-refractivity contribution in [3.05, 3.63) is 29.6 Å². The molecule has 4 nitrogen and oxygen atoms in total. The van der Waals surface area contributed by atoms with Crippen molar-refractivity contribution in [2.45, 2.75) is 18.6 Å². The zero-order chi connectivity index (χ0) is 14.0. The van der Waals surface area contributed by atoms with E-state index in [9.17, 15) is 13.2 Å². The first kappa shape index (κ1) is 14.1. The Morgan fingerprint density at radius 1 is 1.47 bits per heavy atom. The lowest BCUT2D eigenvalue weighted by atomic mass is 10.0. The summed E-state index contributed by atoms with van der Waals surface area (Å²) in [5.74, 6) is 0. The second kappa shape index (κ2) is 5.34. The Balaban J connectivity index is 2.09. The molecule has 19 heavy (non-hydrogen) atoms. The highest BCUT2D eigenvalue weighted by Crippen LogP contribution is 2.32. The zero-order valence-corrected chi connectivity index (χ0v) is 10.7. The lowest BCUT2D eigenvalue weighted by Gasteiger charge is -2.33. The number of halogens is 3. The number of nitrogens with zero attached hydrogens (tertiary/aromatic N) is 3. The fourth-order valence-corrected chi connectivity index (χ4v) is 2.33. The Bertz CT molecular complexity index is 464. The van der Waals surface area contributed by atoms with Crippen LogP contribution in [-0.2, 0) is 7.05 Å². The molecule has 1 aromatic heterocycles. The molecule has 1 unspecified atom stereocenters. The SMILES string of the molecule is Cn1cc(C(CN)N2CC=C(C(F)(F)F)CC2)cn1. The van der Waals surface area contributed by atoms with Gasteiger partial charge in [-0.15, -0.1) is 0 Å². The summed E-state index contributed by atoms with van der Waals surface area (Å²) in [6.07, 6.45) is 0.614. The second-order valence-corrected chi connectivity index (χ2v) is 4.67. The summed E-state index contributed by atoms with van der Waals surface area (Å²) in [5, 5.41) is 4.07. The van der Waals surface area contributed by atoms with Crippen LogP contribution >= 0.6 is 0 Å². The van der Waals surface area contributed by atoms with Crippen molar-refractivity contribution in [2.75, 3.05) is 19.6 Å².